The van der Waals surface area contributed by atoms with Crippen LogP contribution in [0.5, 0.6) is 0 Å². The molecule has 2 heterocycles. The zero-order valence-electron chi connectivity index (χ0n) is 22.8. The summed E-state index contributed by atoms with van der Waals surface area (Å²) in [6.45, 7) is 3.24. The average molecular weight is 567 g/mol. The summed E-state index contributed by atoms with van der Waals surface area (Å²) in [7, 11) is 0. The molecule has 0 aromatic heterocycles. The van der Waals surface area contributed by atoms with Gasteiger partial charge in [-0.3, -0.25) is 9.59 Å². The lowest BCUT2D eigenvalue weighted by molar-refractivity contribution is -0.376. The van der Waals surface area contributed by atoms with E-state index in [9.17, 15) is 40.2 Å². The maximum Gasteiger partial charge on any atom is 0.305 e. The minimum atomic E-state index is -1.79. The second-order valence-corrected chi connectivity index (χ2v) is 10.2. The van der Waals surface area contributed by atoms with Gasteiger partial charge < -0.3 is 54.3 Å². The van der Waals surface area contributed by atoms with Crippen LogP contribution in [-0.4, -0.2) is 117 Å². The van der Waals surface area contributed by atoms with Crippen molar-refractivity contribution in [1.29, 1.82) is 0 Å². The number of aliphatic hydroxyl groups is 6. The number of carbonyl (C=O) groups is 2. The average Bonchev–Trinajstić information content (AvgIpc) is 2.92. The maximum absolute atomic E-state index is 12.0. The van der Waals surface area contributed by atoms with E-state index in [1.807, 2.05) is 13.8 Å². The number of rotatable bonds is 16. The Kier molecular flexibility index (Phi) is 15.1. The molecule has 2 fully saturated rings. The minimum absolute atomic E-state index is 0.181. The van der Waals surface area contributed by atoms with Crippen molar-refractivity contribution in [1.82, 2.24) is 0 Å². The molecule has 39 heavy (non-hydrogen) atoms. The molecule has 0 amide bonds. The van der Waals surface area contributed by atoms with E-state index in [0.717, 1.165) is 38.5 Å². The van der Waals surface area contributed by atoms with Crippen molar-refractivity contribution >= 4 is 11.9 Å². The molecule has 0 aromatic carbocycles. The lowest BCUT2D eigenvalue weighted by atomic mass is 9.98. The molecule has 0 aliphatic carbocycles. The van der Waals surface area contributed by atoms with Gasteiger partial charge in [-0.2, -0.15) is 0 Å². The molecule has 0 radical (unpaired) electrons. The van der Waals surface area contributed by atoms with Gasteiger partial charge in [0.05, 0.1) is 0 Å². The topological polar surface area (TPSA) is 202 Å². The Bertz CT molecular complexity index is 664. The van der Waals surface area contributed by atoms with Gasteiger partial charge in [0.15, 0.2) is 12.6 Å². The normalized spacial score (nSPS) is 35.0. The molecule has 0 spiro atoms. The van der Waals surface area contributed by atoms with Crippen LogP contribution in [-0.2, 0) is 33.3 Å². The Morgan fingerprint density at radius 2 is 0.949 bits per heavy atom. The van der Waals surface area contributed by atoms with E-state index in [-0.39, 0.29) is 12.8 Å². The van der Waals surface area contributed by atoms with Gasteiger partial charge in [-0.15, -0.1) is 0 Å². The van der Waals surface area contributed by atoms with Crippen molar-refractivity contribution in [2.75, 3.05) is 13.2 Å². The Morgan fingerprint density at radius 3 is 1.31 bits per heavy atom. The van der Waals surface area contributed by atoms with Gasteiger partial charge in [0.25, 0.3) is 0 Å². The van der Waals surface area contributed by atoms with Crippen molar-refractivity contribution < 1.29 is 63.9 Å². The molecule has 2 aliphatic heterocycles. The van der Waals surface area contributed by atoms with E-state index >= 15 is 0 Å². The highest BCUT2D eigenvalue weighted by Gasteiger charge is 2.50. The van der Waals surface area contributed by atoms with Crippen LogP contribution in [0.2, 0.25) is 0 Å². The van der Waals surface area contributed by atoms with E-state index in [1.165, 1.54) is 0 Å². The third-order valence-corrected chi connectivity index (χ3v) is 6.89. The minimum Gasteiger partial charge on any atom is -0.463 e. The standard InChI is InChI=1S/C26H46O13/c1-3-5-7-9-11-17(27)35-13-15-19(29)21(31)23(33)25(37-15)39-26-24(34)22(32)20(30)16(38-26)14-36-18(28)12-10-8-6-4-2/h15-16,19-26,29-34H,3-14H2,1-2H3. The van der Waals surface area contributed by atoms with Crippen molar-refractivity contribution in [3.8, 4) is 0 Å². The first-order chi connectivity index (χ1) is 18.6. The van der Waals surface area contributed by atoms with E-state index in [4.69, 9.17) is 23.7 Å². The van der Waals surface area contributed by atoms with E-state index < -0.39 is 86.6 Å². The zero-order chi connectivity index (χ0) is 28.9. The van der Waals surface area contributed by atoms with Gasteiger partial charge in [0, 0.05) is 12.8 Å². The van der Waals surface area contributed by atoms with Gasteiger partial charge in [-0.1, -0.05) is 52.4 Å². The second kappa shape index (κ2) is 17.4. The van der Waals surface area contributed by atoms with Crippen molar-refractivity contribution in [3.05, 3.63) is 0 Å². The summed E-state index contributed by atoms with van der Waals surface area (Å²) < 4.78 is 26.8. The molecule has 2 rings (SSSR count). The van der Waals surface area contributed by atoms with Crippen LogP contribution in [0, 0.1) is 0 Å². The number of aliphatic hydroxyl groups excluding tert-OH is 6. The highest BCUT2D eigenvalue weighted by atomic mass is 16.8. The molecular weight excluding hydrogens is 520 g/mol. The van der Waals surface area contributed by atoms with Crippen LogP contribution in [0.3, 0.4) is 0 Å². The maximum atomic E-state index is 12.0. The number of unbranched alkanes of at least 4 members (excludes halogenated alkanes) is 6. The number of hydrogen-bond acceptors (Lipinski definition) is 13. The first-order valence-electron chi connectivity index (χ1n) is 14.0. The molecule has 6 N–H and O–H groups in total. The van der Waals surface area contributed by atoms with Crippen molar-refractivity contribution in [3.63, 3.8) is 0 Å². The van der Waals surface area contributed by atoms with Crippen LogP contribution in [0.15, 0.2) is 0 Å². The van der Waals surface area contributed by atoms with Crippen LogP contribution < -0.4 is 0 Å². The van der Waals surface area contributed by atoms with Crippen molar-refractivity contribution in [2.24, 2.45) is 0 Å². The number of esters is 2. The van der Waals surface area contributed by atoms with Gasteiger partial charge in [-0.25, -0.2) is 0 Å². The molecule has 0 bridgehead atoms. The predicted molar refractivity (Wildman–Crippen MR) is 134 cm³/mol. The van der Waals surface area contributed by atoms with Crippen LogP contribution >= 0.6 is 0 Å². The van der Waals surface area contributed by atoms with Gasteiger partial charge in [-0.05, 0) is 12.8 Å². The number of carbonyl (C=O) groups excluding carboxylic acids is 2. The molecule has 13 heteroatoms. The van der Waals surface area contributed by atoms with Gasteiger partial charge in [0.2, 0.25) is 0 Å². The summed E-state index contributed by atoms with van der Waals surface area (Å²) in [5.74, 6) is -1.02. The highest BCUT2D eigenvalue weighted by Crippen LogP contribution is 2.28. The summed E-state index contributed by atoms with van der Waals surface area (Å²) in [6.07, 6.45) is -8.77. The summed E-state index contributed by atoms with van der Waals surface area (Å²) in [5.41, 5.74) is 0. The summed E-state index contributed by atoms with van der Waals surface area (Å²) in [4.78, 5) is 24.0. The molecule has 228 valence electrons. The van der Waals surface area contributed by atoms with Gasteiger partial charge in [0.1, 0.15) is 62.0 Å². The Hall–Kier alpha value is -1.42. The van der Waals surface area contributed by atoms with Crippen LogP contribution in [0.1, 0.15) is 78.1 Å². The summed E-state index contributed by atoms with van der Waals surface area (Å²) in [6, 6.07) is 0. The molecule has 10 atom stereocenters. The molecular formula is C26H46O13. The lowest BCUT2D eigenvalue weighted by Crippen LogP contribution is -2.64. The van der Waals surface area contributed by atoms with Crippen LogP contribution in [0.25, 0.3) is 0 Å². The Labute approximate surface area is 229 Å². The van der Waals surface area contributed by atoms with Gasteiger partial charge >= 0.3 is 11.9 Å². The SMILES string of the molecule is CCCCCCC(=O)OCC1OC(OC2OC(COC(=O)CCCCCC)C(O)C(O)C2O)C(O)C(O)C1O. The fourth-order valence-electron chi connectivity index (χ4n) is 4.35. The first kappa shape index (κ1) is 33.8. The van der Waals surface area contributed by atoms with Crippen molar-refractivity contribution in [2.45, 2.75) is 139 Å². The second-order valence-electron chi connectivity index (χ2n) is 10.2. The molecule has 10 unspecified atom stereocenters. The molecule has 0 saturated carbocycles. The Morgan fingerprint density at radius 1 is 0.564 bits per heavy atom. The number of ether oxygens (including phenoxy) is 5. The summed E-state index contributed by atoms with van der Waals surface area (Å²) in [5, 5.41) is 61.9. The number of hydrogen-bond donors (Lipinski definition) is 6. The predicted octanol–water partition coefficient (Wildman–Crippen LogP) is -0.355. The fourth-order valence-corrected chi connectivity index (χ4v) is 4.35. The summed E-state index contributed by atoms with van der Waals surface area (Å²) >= 11 is 0. The van der Waals surface area contributed by atoms with E-state index in [2.05, 4.69) is 0 Å². The smallest absolute Gasteiger partial charge is 0.305 e. The zero-order valence-corrected chi connectivity index (χ0v) is 22.8. The van der Waals surface area contributed by atoms with Crippen LogP contribution in [0.4, 0.5) is 0 Å². The Balaban J connectivity index is 1.93. The van der Waals surface area contributed by atoms with E-state index in [0.29, 0.717) is 12.8 Å². The van der Waals surface area contributed by atoms with E-state index in [1.54, 1.807) is 0 Å². The third kappa shape index (κ3) is 10.5. The quantitative estimate of drug-likeness (QED) is 0.105. The molecule has 2 aliphatic rings. The molecule has 13 nitrogen and oxygen atoms in total. The highest BCUT2D eigenvalue weighted by molar-refractivity contribution is 5.69. The largest absolute Gasteiger partial charge is 0.463 e. The molecule has 0 aromatic rings. The fraction of sp³-hybridized carbons (Fsp3) is 0.923. The lowest BCUT2D eigenvalue weighted by Gasteiger charge is -2.44. The monoisotopic (exact) mass is 566 g/mol. The molecule has 2 saturated heterocycles. The first-order valence-corrected chi connectivity index (χ1v) is 14.0. The third-order valence-electron chi connectivity index (χ3n) is 6.89.